The van der Waals surface area contributed by atoms with Gasteiger partial charge < -0.3 is 19.7 Å². The number of fused-ring (bicyclic) bond motifs is 1. The van der Waals surface area contributed by atoms with Crippen LogP contribution >= 0.6 is 0 Å². The summed E-state index contributed by atoms with van der Waals surface area (Å²) in [5.74, 6) is 0.945. The molecule has 0 unspecified atom stereocenters. The molecule has 2 aliphatic heterocycles. The maximum absolute atomic E-state index is 12.8. The minimum atomic E-state index is -0.129. The smallest absolute Gasteiger partial charge is 0.240 e. The minimum absolute atomic E-state index is 0.0157. The molecule has 2 amide bonds. The maximum atomic E-state index is 12.8. The van der Waals surface area contributed by atoms with Crippen molar-refractivity contribution in [1.82, 2.24) is 15.1 Å². The molecule has 7 nitrogen and oxygen atoms in total. The van der Waals surface area contributed by atoms with E-state index in [1.165, 1.54) is 10.5 Å². The first kappa shape index (κ1) is 22.9. The van der Waals surface area contributed by atoms with Crippen LogP contribution in [0.5, 0.6) is 11.5 Å². The van der Waals surface area contributed by atoms with Crippen LogP contribution in [0.15, 0.2) is 48.7 Å². The number of ether oxygens (including phenoxy) is 2. The Balaban J connectivity index is 1.29. The van der Waals surface area contributed by atoms with E-state index in [0.717, 1.165) is 43.6 Å². The molecule has 0 radical (unpaired) electrons. The van der Waals surface area contributed by atoms with E-state index in [9.17, 15) is 9.59 Å². The van der Waals surface area contributed by atoms with Crippen LogP contribution in [-0.4, -0.2) is 61.5 Å². The van der Waals surface area contributed by atoms with Crippen LogP contribution in [0.1, 0.15) is 29.5 Å². The topological polar surface area (TPSA) is 71.1 Å². The Hall–Kier alpha value is -3.32. The Kier molecular flexibility index (Phi) is 7.29. The lowest BCUT2D eigenvalue weighted by Crippen LogP contribution is -2.47. The molecule has 0 saturated carbocycles. The van der Waals surface area contributed by atoms with Crippen molar-refractivity contribution in [3.8, 4) is 11.5 Å². The Morgan fingerprint density at radius 1 is 1.06 bits per heavy atom. The van der Waals surface area contributed by atoms with Gasteiger partial charge in [0.05, 0.1) is 20.6 Å². The summed E-state index contributed by atoms with van der Waals surface area (Å²) in [7, 11) is 3.15. The lowest BCUT2D eigenvalue weighted by molar-refractivity contribution is -0.133. The van der Waals surface area contributed by atoms with Gasteiger partial charge in [-0.2, -0.15) is 0 Å². The van der Waals surface area contributed by atoms with Crippen LogP contribution < -0.4 is 14.8 Å². The van der Waals surface area contributed by atoms with Crippen molar-refractivity contribution in [1.29, 1.82) is 0 Å². The monoisotopic (exact) mass is 449 g/mol. The quantitative estimate of drug-likeness (QED) is 0.704. The predicted molar refractivity (Wildman–Crippen MR) is 127 cm³/mol. The molecule has 2 aliphatic rings. The first-order valence-corrected chi connectivity index (χ1v) is 11.3. The van der Waals surface area contributed by atoms with Gasteiger partial charge in [0.2, 0.25) is 11.8 Å². The van der Waals surface area contributed by atoms with Crippen molar-refractivity contribution in [3.05, 3.63) is 65.4 Å². The summed E-state index contributed by atoms with van der Waals surface area (Å²) in [6.07, 6.45) is 5.55. The van der Waals surface area contributed by atoms with E-state index in [1.807, 2.05) is 24.3 Å². The molecule has 1 N–H and O–H groups in total. The summed E-state index contributed by atoms with van der Waals surface area (Å²) in [5.41, 5.74) is 3.04. The van der Waals surface area contributed by atoms with E-state index in [4.69, 9.17) is 9.47 Å². The molecule has 0 aliphatic carbocycles. The molecule has 0 bridgehead atoms. The second-order valence-electron chi connectivity index (χ2n) is 8.52. The number of carbonyl (C=O) groups excluding carboxylic acids is 2. The number of nitrogens with zero attached hydrogens (tertiary/aromatic N) is 2. The van der Waals surface area contributed by atoms with Crippen molar-refractivity contribution < 1.29 is 19.1 Å². The summed E-state index contributed by atoms with van der Waals surface area (Å²) in [6.45, 7) is 2.84. The van der Waals surface area contributed by atoms with E-state index in [1.54, 1.807) is 20.4 Å². The molecular weight excluding hydrogens is 418 g/mol. The van der Waals surface area contributed by atoms with Gasteiger partial charge in [0.25, 0.3) is 0 Å². The molecule has 33 heavy (non-hydrogen) atoms. The number of nitrogens with one attached hydrogen (secondary N) is 1. The van der Waals surface area contributed by atoms with Crippen LogP contribution in [0.25, 0.3) is 6.08 Å². The first-order valence-electron chi connectivity index (χ1n) is 11.3. The summed E-state index contributed by atoms with van der Waals surface area (Å²) >= 11 is 0. The van der Waals surface area contributed by atoms with E-state index >= 15 is 0 Å². The van der Waals surface area contributed by atoms with Gasteiger partial charge in [-0.15, -0.1) is 0 Å². The number of likely N-dealkylation sites (tertiary alicyclic amines) is 1. The number of piperidine rings is 1. The average Bonchev–Trinajstić information content (AvgIpc) is 2.98. The Bertz CT molecular complexity index is 1010. The fourth-order valence-corrected chi connectivity index (χ4v) is 4.41. The SMILES string of the molecule is COc1cc2c(cc1OC)CC(=O)N(CC(=O)NC1CCN(Cc3ccccc3)CC1)C=C2. The molecule has 2 aromatic rings. The van der Waals surface area contributed by atoms with Crippen molar-refractivity contribution in [2.75, 3.05) is 33.9 Å². The predicted octanol–water partition coefficient (Wildman–Crippen LogP) is 2.84. The second kappa shape index (κ2) is 10.5. The molecule has 7 heteroatoms. The molecule has 0 aromatic heterocycles. The highest BCUT2D eigenvalue weighted by atomic mass is 16.5. The largest absolute Gasteiger partial charge is 0.493 e. The molecule has 2 heterocycles. The number of hydrogen-bond acceptors (Lipinski definition) is 5. The van der Waals surface area contributed by atoms with Crippen molar-refractivity contribution >= 4 is 17.9 Å². The fourth-order valence-electron chi connectivity index (χ4n) is 4.41. The number of methoxy groups -OCH3 is 2. The van der Waals surface area contributed by atoms with Gasteiger partial charge in [0.15, 0.2) is 11.5 Å². The van der Waals surface area contributed by atoms with Gasteiger partial charge in [-0.3, -0.25) is 14.5 Å². The number of carbonyl (C=O) groups is 2. The molecule has 1 fully saturated rings. The lowest BCUT2D eigenvalue weighted by atomic mass is 10.0. The third kappa shape index (κ3) is 5.73. The molecule has 2 aromatic carbocycles. The molecule has 0 atom stereocenters. The lowest BCUT2D eigenvalue weighted by Gasteiger charge is -2.32. The Morgan fingerprint density at radius 2 is 1.76 bits per heavy atom. The van der Waals surface area contributed by atoms with Crippen molar-refractivity contribution in [3.63, 3.8) is 0 Å². The number of benzene rings is 2. The van der Waals surface area contributed by atoms with Crippen molar-refractivity contribution in [2.45, 2.75) is 31.8 Å². The molecule has 174 valence electrons. The van der Waals surface area contributed by atoms with Gasteiger partial charge in [-0.1, -0.05) is 30.3 Å². The molecule has 0 spiro atoms. The minimum Gasteiger partial charge on any atom is -0.493 e. The maximum Gasteiger partial charge on any atom is 0.240 e. The highest BCUT2D eigenvalue weighted by Gasteiger charge is 2.24. The number of amides is 2. The van der Waals surface area contributed by atoms with Crippen LogP contribution in [0.4, 0.5) is 0 Å². The summed E-state index contributed by atoms with van der Waals surface area (Å²) in [6, 6.07) is 14.3. The van der Waals surface area contributed by atoms with Crippen LogP contribution in [-0.2, 0) is 22.6 Å². The van der Waals surface area contributed by atoms with Crippen LogP contribution in [0.2, 0.25) is 0 Å². The molecule has 1 saturated heterocycles. The van der Waals surface area contributed by atoms with Gasteiger partial charge >= 0.3 is 0 Å². The first-order chi connectivity index (χ1) is 16.1. The van der Waals surface area contributed by atoms with Gasteiger partial charge in [0.1, 0.15) is 6.54 Å². The summed E-state index contributed by atoms with van der Waals surface area (Å²) in [4.78, 5) is 29.4. The highest BCUT2D eigenvalue weighted by molar-refractivity contribution is 5.89. The van der Waals surface area contributed by atoms with E-state index in [0.29, 0.717) is 11.5 Å². The summed E-state index contributed by atoms with van der Waals surface area (Å²) in [5, 5.41) is 3.12. The third-order valence-electron chi connectivity index (χ3n) is 6.26. The highest BCUT2D eigenvalue weighted by Crippen LogP contribution is 2.32. The molecule has 4 rings (SSSR count). The van der Waals surface area contributed by atoms with Crippen molar-refractivity contribution in [2.24, 2.45) is 0 Å². The number of hydrogen-bond donors (Lipinski definition) is 1. The van der Waals surface area contributed by atoms with E-state index in [2.05, 4.69) is 34.5 Å². The molecular formula is C26H31N3O4. The third-order valence-corrected chi connectivity index (χ3v) is 6.26. The zero-order chi connectivity index (χ0) is 23.2. The van der Waals surface area contributed by atoms with Crippen LogP contribution in [0.3, 0.4) is 0 Å². The van der Waals surface area contributed by atoms with Gasteiger partial charge in [0, 0.05) is 31.9 Å². The Morgan fingerprint density at radius 3 is 2.45 bits per heavy atom. The number of rotatable bonds is 7. The van der Waals surface area contributed by atoms with E-state index < -0.39 is 0 Å². The van der Waals surface area contributed by atoms with Gasteiger partial charge in [-0.05, 0) is 47.7 Å². The summed E-state index contributed by atoms with van der Waals surface area (Å²) < 4.78 is 10.7. The Labute approximate surface area is 195 Å². The zero-order valence-corrected chi connectivity index (χ0v) is 19.3. The van der Waals surface area contributed by atoms with Gasteiger partial charge in [-0.25, -0.2) is 0 Å². The van der Waals surface area contributed by atoms with E-state index in [-0.39, 0.29) is 30.8 Å². The average molecular weight is 450 g/mol. The zero-order valence-electron chi connectivity index (χ0n) is 19.3. The standard InChI is InChI=1S/C26H31N3O4/c1-32-23-14-20-8-13-29(26(31)16-21(20)15-24(23)33-2)18-25(30)27-22-9-11-28(12-10-22)17-19-6-4-3-5-7-19/h3-8,13-15,22H,9-12,16-18H2,1-2H3,(H,27,30). The normalized spacial score (nSPS) is 16.8. The fraction of sp³-hybridized carbons (Fsp3) is 0.385. The second-order valence-corrected chi connectivity index (χ2v) is 8.52. The van der Waals surface area contributed by atoms with Crippen LogP contribution in [0, 0.1) is 0 Å².